The van der Waals surface area contributed by atoms with E-state index in [1.165, 1.54) is 24.6 Å². The molecule has 2 unspecified atom stereocenters. The van der Waals surface area contributed by atoms with Crippen LogP contribution < -0.4 is 5.32 Å². The zero-order valence-electron chi connectivity index (χ0n) is 11.7. The first-order valence-electron chi connectivity index (χ1n) is 6.95. The lowest BCUT2D eigenvalue weighted by molar-refractivity contribution is -0.133. The molecule has 2 aliphatic heterocycles. The van der Waals surface area contributed by atoms with E-state index in [1.807, 2.05) is 23.6 Å². The van der Waals surface area contributed by atoms with Gasteiger partial charge in [0.15, 0.2) is 0 Å². The molecule has 2 fully saturated rings. The monoisotopic (exact) mass is 271 g/mol. The van der Waals surface area contributed by atoms with Gasteiger partial charge in [0.1, 0.15) is 0 Å². The standard InChI is InChI=1S/C13H25N3OS/c1-4-13(3)12(17)16(11(2)14-13)6-5-15-7-9-18-10-8-15/h11,14H,4-10H2,1-3H3. The molecule has 0 bridgehead atoms. The van der Waals surface area contributed by atoms with Crippen LogP contribution in [0.2, 0.25) is 0 Å². The van der Waals surface area contributed by atoms with Crippen LogP contribution in [0.15, 0.2) is 0 Å². The third-order valence-corrected chi connectivity index (χ3v) is 5.14. The molecule has 2 heterocycles. The lowest BCUT2D eigenvalue weighted by Gasteiger charge is -2.29. The van der Waals surface area contributed by atoms with Crippen molar-refractivity contribution in [3.8, 4) is 0 Å². The van der Waals surface area contributed by atoms with E-state index in [2.05, 4.69) is 24.1 Å². The maximum absolute atomic E-state index is 12.4. The second kappa shape index (κ2) is 5.80. The van der Waals surface area contributed by atoms with Crippen LogP contribution in [0.5, 0.6) is 0 Å². The van der Waals surface area contributed by atoms with Gasteiger partial charge < -0.3 is 4.90 Å². The summed E-state index contributed by atoms with van der Waals surface area (Å²) in [6.07, 6.45) is 1.02. The third kappa shape index (κ3) is 2.83. The fourth-order valence-electron chi connectivity index (χ4n) is 2.72. The van der Waals surface area contributed by atoms with Crippen LogP contribution in [0.3, 0.4) is 0 Å². The van der Waals surface area contributed by atoms with Gasteiger partial charge in [0.2, 0.25) is 5.91 Å². The Morgan fingerprint density at radius 1 is 1.39 bits per heavy atom. The van der Waals surface area contributed by atoms with E-state index in [1.54, 1.807) is 0 Å². The van der Waals surface area contributed by atoms with Gasteiger partial charge in [-0.25, -0.2) is 0 Å². The number of nitrogens with one attached hydrogen (secondary N) is 1. The highest BCUT2D eigenvalue weighted by molar-refractivity contribution is 7.99. The van der Waals surface area contributed by atoms with Crippen molar-refractivity contribution in [3.63, 3.8) is 0 Å². The largest absolute Gasteiger partial charge is 0.325 e. The first-order valence-corrected chi connectivity index (χ1v) is 8.11. The smallest absolute Gasteiger partial charge is 0.243 e. The number of rotatable bonds is 4. The topological polar surface area (TPSA) is 35.6 Å². The normalized spacial score (nSPS) is 34.3. The second-order valence-corrected chi connectivity index (χ2v) is 6.68. The summed E-state index contributed by atoms with van der Waals surface area (Å²) >= 11 is 2.03. The van der Waals surface area contributed by atoms with E-state index in [0.717, 1.165) is 19.5 Å². The molecule has 2 aliphatic rings. The summed E-state index contributed by atoms with van der Waals surface area (Å²) in [6.45, 7) is 10.4. The van der Waals surface area contributed by atoms with Crippen molar-refractivity contribution in [2.75, 3.05) is 37.7 Å². The molecule has 0 aliphatic carbocycles. The van der Waals surface area contributed by atoms with E-state index in [-0.39, 0.29) is 17.6 Å². The van der Waals surface area contributed by atoms with Crippen molar-refractivity contribution in [1.29, 1.82) is 0 Å². The van der Waals surface area contributed by atoms with Crippen molar-refractivity contribution in [1.82, 2.24) is 15.1 Å². The number of carbonyl (C=O) groups excluding carboxylic acids is 1. The number of amides is 1. The Morgan fingerprint density at radius 2 is 2.06 bits per heavy atom. The van der Waals surface area contributed by atoms with Crippen LogP contribution in [-0.2, 0) is 4.79 Å². The number of hydrogen-bond acceptors (Lipinski definition) is 4. The Bertz CT molecular complexity index is 307. The molecule has 0 spiro atoms. The Labute approximate surface area is 114 Å². The molecule has 4 nitrogen and oxygen atoms in total. The van der Waals surface area contributed by atoms with Gasteiger partial charge in [-0.1, -0.05) is 6.92 Å². The quantitative estimate of drug-likeness (QED) is 0.827. The van der Waals surface area contributed by atoms with Crippen LogP contribution in [0.1, 0.15) is 27.2 Å². The van der Waals surface area contributed by atoms with E-state index in [9.17, 15) is 4.79 Å². The molecule has 0 aromatic rings. The minimum absolute atomic E-state index is 0.168. The molecule has 1 amide bonds. The summed E-state index contributed by atoms with van der Waals surface area (Å²) in [5.41, 5.74) is -0.350. The molecule has 18 heavy (non-hydrogen) atoms. The highest BCUT2D eigenvalue weighted by Crippen LogP contribution is 2.23. The number of carbonyl (C=O) groups is 1. The molecular weight excluding hydrogens is 246 g/mol. The summed E-state index contributed by atoms with van der Waals surface area (Å²) in [5.74, 6) is 2.73. The highest BCUT2D eigenvalue weighted by Gasteiger charge is 2.44. The second-order valence-electron chi connectivity index (χ2n) is 5.46. The lowest BCUT2D eigenvalue weighted by Crippen LogP contribution is -2.44. The SMILES string of the molecule is CCC1(C)NC(C)N(CCN2CCSCC2)C1=O. The maximum Gasteiger partial charge on any atom is 0.243 e. The minimum atomic E-state index is -0.350. The zero-order valence-corrected chi connectivity index (χ0v) is 12.6. The molecule has 0 aromatic carbocycles. The van der Waals surface area contributed by atoms with Crippen LogP contribution >= 0.6 is 11.8 Å². The van der Waals surface area contributed by atoms with Crippen molar-refractivity contribution in [2.24, 2.45) is 0 Å². The maximum atomic E-state index is 12.4. The number of nitrogens with zero attached hydrogens (tertiary/aromatic N) is 2. The van der Waals surface area contributed by atoms with Crippen molar-refractivity contribution >= 4 is 17.7 Å². The van der Waals surface area contributed by atoms with E-state index in [4.69, 9.17) is 0 Å². The molecule has 0 saturated carbocycles. The molecule has 1 N–H and O–H groups in total. The fourth-order valence-corrected chi connectivity index (χ4v) is 3.69. The van der Waals surface area contributed by atoms with Gasteiger partial charge in [-0.3, -0.25) is 15.0 Å². The summed E-state index contributed by atoms with van der Waals surface area (Å²) < 4.78 is 0. The Hall–Kier alpha value is -0.260. The first kappa shape index (κ1) is 14.2. The van der Waals surface area contributed by atoms with E-state index in [0.29, 0.717) is 0 Å². The molecule has 2 rings (SSSR count). The Balaban J connectivity index is 1.87. The van der Waals surface area contributed by atoms with Gasteiger partial charge in [-0.2, -0.15) is 11.8 Å². The van der Waals surface area contributed by atoms with E-state index < -0.39 is 0 Å². The molecule has 2 atom stereocenters. The van der Waals surface area contributed by atoms with Gasteiger partial charge in [-0.05, 0) is 20.3 Å². The lowest BCUT2D eigenvalue weighted by atomic mass is 9.99. The summed E-state index contributed by atoms with van der Waals surface area (Å²) in [6, 6.07) is 0. The first-order chi connectivity index (χ1) is 8.57. The van der Waals surface area contributed by atoms with Gasteiger partial charge in [-0.15, -0.1) is 0 Å². The fraction of sp³-hybridized carbons (Fsp3) is 0.923. The average molecular weight is 271 g/mol. The molecule has 0 aromatic heterocycles. The van der Waals surface area contributed by atoms with Crippen molar-refractivity contribution in [2.45, 2.75) is 38.9 Å². The van der Waals surface area contributed by atoms with Crippen LogP contribution in [0.4, 0.5) is 0 Å². The molecular formula is C13H25N3OS. The highest BCUT2D eigenvalue weighted by atomic mass is 32.2. The van der Waals surface area contributed by atoms with Crippen LogP contribution in [0.25, 0.3) is 0 Å². The average Bonchev–Trinajstić information content (AvgIpc) is 2.60. The Kier molecular flexibility index (Phi) is 4.56. The third-order valence-electron chi connectivity index (χ3n) is 4.20. The van der Waals surface area contributed by atoms with Crippen molar-refractivity contribution < 1.29 is 4.79 Å². The Morgan fingerprint density at radius 3 is 2.61 bits per heavy atom. The molecule has 2 saturated heterocycles. The summed E-state index contributed by atoms with van der Waals surface area (Å²) in [7, 11) is 0. The summed E-state index contributed by atoms with van der Waals surface area (Å²) in [5, 5.41) is 3.42. The van der Waals surface area contributed by atoms with Crippen molar-refractivity contribution in [3.05, 3.63) is 0 Å². The zero-order chi connectivity index (χ0) is 13.2. The van der Waals surface area contributed by atoms with E-state index >= 15 is 0 Å². The molecule has 0 radical (unpaired) electrons. The number of hydrogen-bond donors (Lipinski definition) is 1. The predicted molar refractivity (Wildman–Crippen MR) is 76.8 cm³/mol. The minimum Gasteiger partial charge on any atom is -0.325 e. The predicted octanol–water partition coefficient (Wildman–Crippen LogP) is 0.982. The van der Waals surface area contributed by atoms with Gasteiger partial charge in [0.25, 0.3) is 0 Å². The molecule has 104 valence electrons. The van der Waals surface area contributed by atoms with Crippen LogP contribution in [0, 0.1) is 0 Å². The van der Waals surface area contributed by atoms with Crippen LogP contribution in [-0.4, -0.2) is 65.1 Å². The molecule has 5 heteroatoms. The van der Waals surface area contributed by atoms with Gasteiger partial charge >= 0.3 is 0 Å². The van der Waals surface area contributed by atoms with Gasteiger partial charge in [0.05, 0.1) is 11.7 Å². The summed E-state index contributed by atoms with van der Waals surface area (Å²) in [4.78, 5) is 16.9. The van der Waals surface area contributed by atoms with Gasteiger partial charge in [0, 0.05) is 37.7 Å². The number of thioether (sulfide) groups is 1.